The van der Waals surface area contributed by atoms with Gasteiger partial charge in [-0.1, -0.05) is 0 Å². The molecule has 1 rings (SSSR count). The minimum atomic E-state index is -0.391. The molecule has 4 nitrogen and oxygen atoms in total. The molecule has 0 atom stereocenters. The van der Waals surface area contributed by atoms with E-state index in [9.17, 15) is 10.1 Å². The van der Waals surface area contributed by atoms with E-state index >= 15 is 0 Å². The van der Waals surface area contributed by atoms with Gasteiger partial charge in [-0.2, -0.15) is 0 Å². The standard InChI is InChI=1S/C9H11NO3S/c1-6-8(10(11)12)4-7(13-2)5-9(6)14-3/h4-5H,1-3H3. The van der Waals surface area contributed by atoms with Crippen LogP contribution >= 0.6 is 11.8 Å². The second-order valence-corrected chi connectivity index (χ2v) is 3.58. The van der Waals surface area contributed by atoms with Gasteiger partial charge in [0, 0.05) is 10.5 Å². The zero-order chi connectivity index (χ0) is 10.7. The van der Waals surface area contributed by atoms with Gasteiger partial charge in [0.15, 0.2) is 0 Å². The summed E-state index contributed by atoms with van der Waals surface area (Å²) in [5, 5.41) is 10.7. The van der Waals surface area contributed by atoms with E-state index in [4.69, 9.17) is 4.74 Å². The maximum Gasteiger partial charge on any atom is 0.277 e. The van der Waals surface area contributed by atoms with Gasteiger partial charge in [-0.15, -0.1) is 11.8 Å². The highest BCUT2D eigenvalue weighted by atomic mass is 32.2. The van der Waals surface area contributed by atoms with Crippen LogP contribution < -0.4 is 4.74 Å². The lowest BCUT2D eigenvalue weighted by molar-refractivity contribution is -0.385. The highest BCUT2D eigenvalue weighted by Crippen LogP contribution is 2.32. The first-order valence-electron chi connectivity index (χ1n) is 3.97. The molecule has 0 spiro atoms. The second kappa shape index (κ2) is 4.32. The maximum atomic E-state index is 10.7. The molecule has 0 saturated carbocycles. The molecule has 1 aromatic carbocycles. The van der Waals surface area contributed by atoms with E-state index in [0.717, 1.165) is 4.90 Å². The summed E-state index contributed by atoms with van der Waals surface area (Å²) >= 11 is 1.47. The number of methoxy groups -OCH3 is 1. The van der Waals surface area contributed by atoms with Gasteiger partial charge in [-0.05, 0) is 19.2 Å². The molecule has 0 fully saturated rings. The number of nitro groups is 1. The normalized spacial score (nSPS) is 9.93. The average molecular weight is 213 g/mol. The van der Waals surface area contributed by atoms with Crippen molar-refractivity contribution < 1.29 is 9.66 Å². The molecule has 0 aliphatic carbocycles. The summed E-state index contributed by atoms with van der Waals surface area (Å²) in [7, 11) is 1.50. The average Bonchev–Trinajstić information content (AvgIpc) is 2.17. The lowest BCUT2D eigenvalue weighted by Crippen LogP contribution is -1.95. The summed E-state index contributed by atoms with van der Waals surface area (Å²) in [6.45, 7) is 1.74. The molecule has 0 unspecified atom stereocenters. The Bertz CT molecular complexity index is 365. The molecule has 0 aliphatic heterocycles. The molecule has 0 bridgehead atoms. The summed E-state index contributed by atoms with van der Waals surface area (Å²) in [6, 6.07) is 3.24. The molecule has 0 amide bonds. The van der Waals surface area contributed by atoms with E-state index in [1.807, 2.05) is 6.26 Å². The summed E-state index contributed by atoms with van der Waals surface area (Å²) in [4.78, 5) is 11.2. The number of benzene rings is 1. The summed E-state index contributed by atoms with van der Waals surface area (Å²) < 4.78 is 4.98. The van der Waals surface area contributed by atoms with Crippen LogP contribution in [0.2, 0.25) is 0 Å². The Morgan fingerprint density at radius 1 is 1.50 bits per heavy atom. The van der Waals surface area contributed by atoms with Crippen molar-refractivity contribution in [2.45, 2.75) is 11.8 Å². The van der Waals surface area contributed by atoms with E-state index in [1.54, 1.807) is 13.0 Å². The van der Waals surface area contributed by atoms with Crippen LogP contribution in [0.5, 0.6) is 5.75 Å². The van der Waals surface area contributed by atoms with Crippen molar-refractivity contribution in [1.29, 1.82) is 0 Å². The Labute approximate surface area is 86.4 Å². The fourth-order valence-corrected chi connectivity index (χ4v) is 1.81. The second-order valence-electron chi connectivity index (χ2n) is 2.73. The Morgan fingerprint density at radius 2 is 2.14 bits per heavy atom. The number of rotatable bonds is 3. The first-order valence-corrected chi connectivity index (χ1v) is 5.19. The zero-order valence-electron chi connectivity index (χ0n) is 8.23. The topological polar surface area (TPSA) is 52.4 Å². The maximum absolute atomic E-state index is 10.7. The fraction of sp³-hybridized carbons (Fsp3) is 0.333. The highest BCUT2D eigenvalue weighted by Gasteiger charge is 2.15. The lowest BCUT2D eigenvalue weighted by atomic mass is 10.2. The first kappa shape index (κ1) is 10.8. The Morgan fingerprint density at radius 3 is 2.57 bits per heavy atom. The van der Waals surface area contributed by atoms with E-state index < -0.39 is 4.92 Å². The summed E-state index contributed by atoms with van der Waals surface area (Å²) in [5.41, 5.74) is 0.789. The van der Waals surface area contributed by atoms with Crippen LogP contribution in [-0.2, 0) is 0 Å². The predicted molar refractivity (Wildman–Crippen MR) is 56.2 cm³/mol. The van der Waals surface area contributed by atoms with Gasteiger partial charge >= 0.3 is 0 Å². The molecule has 76 valence electrons. The third-order valence-electron chi connectivity index (χ3n) is 1.96. The van der Waals surface area contributed by atoms with Crippen molar-refractivity contribution in [3.05, 3.63) is 27.8 Å². The lowest BCUT2D eigenvalue weighted by Gasteiger charge is -2.06. The molecule has 0 aromatic heterocycles. The van der Waals surface area contributed by atoms with Gasteiger partial charge < -0.3 is 4.74 Å². The van der Waals surface area contributed by atoms with Crippen LogP contribution in [-0.4, -0.2) is 18.3 Å². The highest BCUT2D eigenvalue weighted by molar-refractivity contribution is 7.98. The van der Waals surface area contributed by atoms with E-state index in [2.05, 4.69) is 0 Å². The number of hydrogen-bond acceptors (Lipinski definition) is 4. The Kier molecular flexibility index (Phi) is 3.35. The largest absolute Gasteiger partial charge is 0.496 e. The number of hydrogen-bond donors (Lipinski definition) is 0. The smallest absolute Gasteiger partial charge is 0.277 e. The third-order valence-corrected chi connectivity index (χ3v) is 2.82. The third kappa shape index (κ3) is 1.98. The Balaban J connectivity index is 3.34. The molecule has 0 radical (unpaired) electrons. The van der Waals surface area contributed by atoms with Crippen LogP contribution in [0, 0.1) is 17.0 Å². The van der Waals surface area contributed by atoms with Gasteiger partial charge in [0.05, 0.1) is 18.1 Å². The SMILES string of the molecule is COc1cc(SC)c(C)c([N+](=O)[O-])c1. The Hall–Kier alpha value is -1.23. The molecular weight excluding hydrogens is 202 g/mol. The molecule has 14 heavy (non-hydrogen) atoms. The monoisotopic (exact) mass is 213 g/mol. The number of thioether (sulfide) groups is 1. The molecular formula is C9H11NO3S. The quantitative estimate of drug-likeness (QED) is 0.440. The van der Waals surface area contributed by atoms with Gasteiger partial charge in [0.1, 0.15) is 5.75 Å². The van der Waals surface area contributed by atoms with Crippen molar-refractivity contribution in [3.63, 3.8) is 0 Å². The van der Waals surface area contributed by atoms with E-state index in [-0.39, 0.29) is 5.69 Å². The zero-order valence-corrected chi connectivity index (χ0v) is 9.05. The van der Waals surface area contributed by atoms with Crippen LogP contribution in [0.4, 0.5) is 5.69 Å². The van der Waals surface area contributed by atoms with E-state index in [0.29, 0.717) is 11.3 Å². The van der Waals surface area contributed by atoms with Gasteiger partial charge in [0.25, 0.3) is 5.69 Å². The van der Waals surface area contributed by atoms with Gasteiger partial charge in [-0.3, -0.25) is 10.1 Å². The molecule has 0 N–H and O–H groups in total. The number of ether oxygens (including phenoxy) is 1. The molecule has 5 heteroatoms. The summed E-state index contributed by atoms with van der Waals surface area (Å²) in [5.74, 6) is 0.520. The van der Waals surface area contributed by atoms with E-state index in [1.165, 1.54) is 24.9 Å². The number of nitrogens with zero attached hydrogens (tertiary/aromatic N) is 1. The first-order chi connectivity index (χ1) is 6.60. The van der Waals surface area contributed by atoms with Gasteiger partial charge in [0.2, 0.25) is 0 Å². The molecule has 1 aromatic rings. The van der Waals surface area contributed by atoms with Gasteiger partial charge in [-0.25, -0.2) is 0 Å². The number of nitro benzene ring substituents is 1. The van der Waals surface area contributed by atoms with Crippen molar-refractivity contribution in [2.75, 3.05) is 13.4 Å². The van der Waals surface area contributed by atoms with Crippen molar-refractivity contribution >= 4 is 17.4 Å². The van der Waals surface area contributed by atoms with Crippen LogP contribution in [0.15, 0.2) is 17.0 Å². The van der Waals surface area contributed by atoms with Crippen molar-refractivity contribution in [3.8, 4) is 5.75 Å². The minimum Gasteiger partial charge on any atom is -0.496 e. The van der Waals surface area contributed by atoms with Crippen LogP contribution in [0.1, 0.15) is 5.56 Å². The predicted octanol–water partition coefficient (Wildman–Crippen LogP) is 2.63. The molecule has 0 heterocycles. The van der Waals surface area contributed by atoms with Crippen molar-refractivity contribution in [1.82, 2.24) is 0 Å². The molecule has 0 aliphatic rings. The summed E-state index contributed by atoms with van der Waals surface area (Å²) in [6.07, 6.45) is 1.88. The fourth-order valence-electron chi connectivity index (χ4n) is 1.17. The van der Waals surface area contributed by atoms with Crippen LogP contribution in [0.3, 0.4) is 0 Å². The van der Waals surface area contributed by atoms with Crippen molar-refractivity contribution in [2.24, 2.45) is 0 Å². The van der Waals surface area contributed by atoms with Crippen LogP contribution in [0.25, 0.3) is 0 Å². The minimum absolute atomic E-state index is 0.105. The molecule has 0 saturated heterocycles.